The van der Waals surface area contributed by atoms with Gasteiger partial charge in [-0.05, 0) is 89.0 Å². The lowest BCUT2D eigenvalue weighted by atomic mass is 9.85. The van der Waals surface area contributed by atoms with E-state index in [0.717, 1.165) is 60.6 Å². The van der Waals surface area contributed by atoms with Crippen molar-refractivity contribution in [2.45, 2.75) is 37.8 Å². The summed E-state index contributed by atoms with van der Waals surface area (Å²) >= 11 is 0. The Hall–Kier alpha value is -3.01. The number of nitrogens with zero attached hydrogens (tertiary/aromatic N) is 2. The molecule has 1 saturated heterocycles. The van der Waals surface area contributed by atoms with Crippen LogP contribution in [0.5, 0.6) is 0 Å². The van der Waals surface area contributed by atoms with Gasteiger partial charge < -0.3 is 5.11 Å². The lowest BCUT2D eigenvalue weighted by molar-refractivity contribution is 0.0575. The standard InChI is InChI=1S/C31H30N2O/c34-31(28-18-32-17-24-6-2-4-8-26(24)28)20-11-13-33(14-12-20)19-29-25-7-3-1-5-21(25)15-23-10-9-22-16-27(22)30(23)29/h1-10,15,17-18,20,22,27,31,34H,11-14,16,19H2. The summed E-state index contributed by atoms with van der Waals surface area (Å²) in [6.45, 7) is 3.07. The van der Waals surface area contributed by atoms with Gasteiger partial charge in [0, 0.05) is 29.9 Å². The number of benzene rings is 3. The van der Waals surface area contributed by atoms with Gasteiger partial charge in [0.15, 0.2) is 0 Å². The van der Waals surface area contributed by atoms with Crippen LogP contribution in [0.25, 0.3) is 27.6 Å². The monoisotopic (exact) mass is 446 g/mol. The molecule has 34 heavy (non-hydrogen) atoms. The molecule has 2 aliphatic carbocycles. The Balaban J connectivity index is 1.13. The summed E-state index contributed by atoms with van der Waals surface area (Å²) in [6, 6.07) is 19.6. The first-order valence-electron chi connectivity index (χ1n) is 12.7. The topological polar surface area (TPSA) is 36.4 Å². The molecule has 0 amide bonds. The summed E-state index contributed by atoms with van der Waals surface area (Å²) < 4.78 is 0. The van der Waals surface area contributed by atoms with Crippen LogP contribution in [0.3, 0.4) is 0 Å². The van der Waals surface area contributed by atoms with Gasteiger partial charge in [0.05, 0.1) is 6.10 Å². The van der Waals surface area contributed by atoms with Crippen LogP contribution in [-0.2, 0) is 6.54 Å². The molecule has 3 aliphatic rings. The Bertz CT molecular complexity index is 1410. The molecule has 3 atom stereocenters. The van der Waals surface area contributed by atoms with E-state index < -0.39 is 6.10 Å². The van der Waals surface area contributed by atoms with Gasteiger partial charge in [-0.1, -0.05) is 60.7 Å². The number of aromatic nitrogens is 1. The fraction of sp³-hybridized carbons (Fsp3) is 0.323. The zero-order valence-corrected chi connectivity index (χ0v) is 19.4. The second kappa shape index (κ2) is 8.04. The number of hydrogen-bond donors (Lipinski definition) is 1. The molecular formula is C31H30N2O. The molecule has 0 radical (unpaired) electrons. The van der Waals surface area contributed by atoms with Crippen LogP contribution in [0.2, 0.25) is 0 Å². The quantitative estimate of drug-likeness (QED) is 0.391. The van der Waals surface area contributed by atoms with E-state index in [4.69, 9.17) is 0 Å². The van der Waals surface area contributed by atoms with Crippen molar-refractivity contribution in [2.75, 3.05) is 13.1 Å². The van der Waals surface area contributed by atoms with Crippen LogP contribution < -0.4 is 0 Å². The number of aliphatic hydroxyl groups is 1. The second-order valence-corrected chi connectivity index (χ2v) is 10.5. The molecule has 3 unspecified atom stereocenters. The molecule has 1 aliphatic heterocycles. The van der Waals surface area contributed by atoms with E-state index in [2.05, 4.69) is 64.5 Å². The van der Waals surface area contributed by atoms with Gasteiger partial charge in [0.1, 0.15) is 0 Å². The van der Waals surface area contributed by atoms with Crippen molar-refractivity contribution in [1.82, 2.24) is 9.88 Å². The Kier molecular flexibility index (Phi) is 4.82. The van der Waals surface area contributed by atoms with Crippen molar-refractivity contribution in [3.05, 3.63) is 95.3 Å². The molecule has 1 aromatic heterocycles. The lowest BCUT2D eigenvalue weighted by Gasteiger charge is -2.35. The summed E-state index contributed by atoms with van der Waals surface area (Å²) in [4.78, 5) is 7.02. The summed E-state index contributed by atoms with van der Waals surface area (Å²) in [6.07, 6.45) is 11.4. The van der Waals surface area contributed by atoms with Gasteiger partial charge in [-0.25, -0.2) is 0 Å². The minimum absolute atomic E-state index is 0.279. The average Bonchev–Trinajstić information content (AvgIpc) is 3.68. The minimum Gasteiger partial charge on any atom is -0.388 e. The second-order valence-electron chi connectivity index (χ2n) is 10.5. The van der Waals surface area contributed by atoms with E-state index >= 15 is 0 Å². The SMILES string of the molecule is OC(c1cncc2ccccc12)C1CCN(Cc2c3c(cc4ccccc24)C=CC2CC32)CC1. The summed E-state index contributed by atoms with van der Waals surface area (Å²) in [5, 5.41) is 16.3. The van der Waals surface area contributed by atoms with Crippen molar-refractivity contribution >= 4 is 27.6 Å². The molecule has 2 fully saturated rings. The third kappa shape index (κ3) is 3.38. The van der Waals surface area contributed by atoms with Gasteiger partial charge in [0.2, 0.25) is 0 Å². The maximum Gasteiger partial charge on any atom is 0.0840 e. The Morgan fingerprint density at radius 1 is 0.941 bits per heavy atom. The predicted molar refractivity (Wildman–Crippen MR) is 139 cm³/mol. The maximum atomic E-state index is 11.3. The molecule has 2 heterocycles. The number of aliphatic hydroxyl groups excluding tert-OH is 1. The molecule has 7 rings (SSSR count). The highest BCUT2D eigenvalue weighted by Crippen LogP contribution is 2.55. The number of rotatable bonds is 4. The molecule has 0 spiro atoms. The first-order valence-corrected chi connectivity index (χ1v) is 12.7. The number of allylic oxidation sites excluding steroid dienone is 1. The Morgan fingerprint density at radius 3 is 2.56 bits per heavy atom. The van der Waals surface area contributed by atoms with Crippen molar-refractivity contribution < 1.29 is 5.11 Å². The molecule has 3 heteroatoms. The van der Waals surface area contributed by atoms with E-state index in [1.165, 1.54) is 22.8 Å². The molecule has 1 saturated carbocycles. The van der Waals surface area contributed by atoms with Crippen LogP contribution in [0.15, 0.2) is 73.1 Å². The van der Waals surface area contributed by atoms with Gasteiger partial charge >= 0.3 is 0 Å². The fourth-order valence-corrected chi connectivity index (χ4v) is 6.47. The molecule has 0 bridgehead atoms. The van der Waals surface area contributed by atoms with E-state index in [1.807, 2.05) is 24.5 Å². The van der Waals surface area contributed by atoms with Crippen LogP contribution in [0, 0.1) is 11.8 Å². The highest BCUT2D eigenvalue weighted by atomic mass is 16.3. The zero-order chi connectivity index (χ0) is 22.6. The molecule has 1 N–H and O–H groups in total. The first kappa shape index (κ1) is 20.4. The molecular weight excluding hydrogens is 416 g/mol. The molecule has 3 nitrogen and oxygen atoms in total. The Labute approximate surface area is 200 Å². The molecule has 3 aromatic carbocycles. The number of fused-ring (bicyclic) bond motifs is 5. The van der Waals surface area contributed by atoms with Crippen LogP contribution in [0.4, 0.5) is 0 Å². The summed E-state index contributed by atoms with van der Waals surface area (Å²) in [7, 11) is 0. The van der Waals surface area contributed by atoms with Gasteiger partial charge in [0.25, 0.3) is 0 Å². The van der Waals surface area contributed by atoms with Crippen LogP contribution in [0.1, 0.15) is 53.5 Å². The van der Waals surface area contributed by atoms with Crippen molar-refractivity contribution in [3.63, 3.8) is 0 Å². The predicted octanol–water partition coefficient (Wildman–Crippen LogP) is 6.46. The largest absolute Gasteiger partial charge is 0.388 e. The molecule has 4 aromatic rings. The van der Waals surface area contributed by atoms with Crippen molar-refractivity contribution in [3.8, 4) is 0 Å². The molecule has 170 valence electrons. The summed E-state index contributed by atoms with van der Waals surface area (Å²) in [5.74, 6) is 1.75. The Morgan fingerprint density at radius 2 is 1.71 bits per heavy atom. The third-order valence-electron chi connectivity index (χ3n) is 8.44. The minimum atomic E-state index is -0.455. The van der Waals surface area contributed by atoms with E-state index in [1.54, 1.807) is 11.1 Å². The van der Waals surface area contributed by atoms with Crippen LogP contribution in [-0.4, -0.2) is 28.1 Å². The average molecular weight is 447 g/mol. The van der Waals surface area contributed by atoms with Crippen LogP contribution >= 0.6 is 0 Å². The van der Waals surface area contributed by atoms with E-state index in [0.29, 0.717) is 0 Å². The fourth-order valence-electron chi connectivity index (χ4n) is 6.47. The lowest BCUT2D eigenvalue weighted by Crippen LogP contribution is -2.35. The van der Waals surface area contributed by atoms with E-state index in [9.17, 15) is 5.11 Å². The van der Waals surface area contributed by atoms with Crippen molar-refractivity contribution in [2.24, 2.45) is 11.8 Å². The third-order valence-corrected chi connectivity index (χ3v) is 8.44. The van der Waals surface area contributed by atoms with E-state index in [-0.39, 0.29) is 5.92 Å². The maximum absolute atomic E-state index is 11.3. The number of piperidine rings is 1. The highest BCUT2D eigenvalue weighted by molar-refractivity contribution is 5.91. The first-order chi connectivity index (χ1) is 16.8. The normalized spacial score (nSPS) is 23.1. The highest BCUT2D eigenvalue weighted by Gasteiger charge is 2.41. The van der Waals surface area contributed by atoms with Gasteiger partial charge in [-0.15, -0.1) is 0 Å². The van der Waals surface area contributed by atoms with Gasteiger partial charge in [-0.3, -0.25) is 9.88 Å². The summed E-state index contributed by atoms with van der Waals surface area (Å²) in [5.41, 5.74) is 5.56. The van der Waals surface area contributed by atoms with Gasteiger partial charge in [-0.2, -0.15) is 0 Å². The van der Waals surface area contributed by atoms with Crippen molar-refractivity contribution in [1.29, 1.82) is 0 Å². The number of likely N-dealkylation sites (tertiary alicyclic amines) is 1. The number of pyridine rings is 1. The smallest absolute Gasteiger partial charge is 0.0840 e. The number of hydrogen-bond acceptors (Lipinski definition) is 3. The zero-order valence-electron chi connectivity index (χ0n) is 19.4.